The van der Waals surface area contributed by atoms with Gasteiger partial charge in [-0.3, -0.25) is 4.68 Å². The summed E-state index contributed by atoms with van der Waals surface area (Å²) in [5, 5.41) is 19.3. The first-order valence-corrected chi connectivity index (χ1v) is 9.76. The van der Waals surface area contributed by atoms with Crippen molar-refractivity contribution in [2.75, 3.05) is 0 Å². The summed E-state index contributed by atoms with van der Waals surface area (Å²) < 4.78 is 3.74. The molecule has 0 unspecified atom stereocenters. The van der Waals surface area contributed by atoms with Crippen LogP contribution in [0.1, 0.15) is 49.0 Å². The van der Waals surface area contributed by atoms with E-state index in [0.717, 1.165) is 37.3 Å². The molecule has 1 saturated carbocycles. The van der Waals surface area contributed by atoms with Crippen LogP contribution in [0.15, 0.2) is 42.7 Å². The van der Waals surface area contributed by atoms with Crippen LogP contribution in [0.25, 0.3) is 0 Å². The number of hydrogen-bond acceptors (Lipinski definition) is 4. The van der Waals surface area contributed by atoms with Gasteiger partial charge in [0.2, 0.25) is 0 Å². The van der Waals surface area contributed by atoms with E-state index in [1.165, 1.54) is 11.1 Å². The summed E-state index contributed by atoms with van der Waals surface area (Å²) in [5.41, 5.74) is 2.43. The molecule has 0 spiro atoms. The highest BCUT2D eigenvalue weighted by molar-refractivity contribution is 5.39. The van der Waals surface area contributed by atoms with Crippen molar-refractivity contribution in [1.82, 2.24) is 24.5 Å². The Morgan fingerprint density at radius 2 is 1.96 bits per heavy atom. The molecule has 142 valence electrons. The Balaban J connectivity index is 1.61. The van der Waals surface area contributed by atoms with Gasteiger partial charge in [-0.25, -0.2) is 9.67 Å². The molecule has 0 radical (unpaired) electrons. The largest absolute Gasteiger partial charge is 0.391 e. The van der Waals surface area contributed by atoms with E-state index in [0.29, 0.717) is 13.0 Å². The lowest BCUT2D eigenvalue weighted by Crippen LogP contribution is -2.19. The maximum atomic E-state index is 10.2. The number of rotatable bonds is 8. The fourth-order valence-electron chi connectivity index (χ4n) is 3.62. The van der Waals surface area contributed by atoms with Crippen LogP contribution in [-0.2, 0) is 31.8 Å². The van der Waals surface area contributed by atoms with Gasteiger partial charge in [0.1, 0.15) is 5.82 Å². The lowest BCUT2D eigenvalue weighted by atomic mass is 9.95. The minimum absolute atomic E-state index is 0.0489. The van der Waals surface area contributed by atoms with Gasteiger partial charge in [-0.05, 0) is 36.8 Å². The monoisotopic (exact) mass is 365 g/mol. The van der Waals surface area contributed by atoms with Crippen molar-refractivity contribution in [3.8, 4) is 0 Å². The predicted molar refractivity (Wildman–Crippen MR) is 103 cm³/mol. The van der Waals surface area contributed by atoms with Crippen LogP contribution in [-0.4, -0.2) is 35.8 Å². The van der Waals surface area contributed by atoms with E-state index in [1.807, 2.05) is 41.8 Å². The van der Waals surface area contributed by atoms with Crippen LogP contribution < -0.4 is 0 Å². The van der Waals surface area contributed by atoms with Crippen molar-refractivity contribution in [3.63, 3.8) is 0 Å². The van der Waals surface area contributed by atoms with Crippen molar-refractivity contribution >= 4 is 0 Å². The Morgan fingerprint density at radius 3 is 2.59 bits per heavy atom. The molecule has 6 nitrogen and oxygen atoms in total. The average molecular weight is 365 g/mol. The summed E-state index contributed by atoms with van der Waals surface area (Å²) in [7, 11) is 1.93. The zero-order valence-electron chi connectivity index (χ0n) is 16.0. The highest BCUT2D eigenvalue weighted by Crippen LogP contribution is 2.52. The molecular formula is C21H27N5O. The number of hydrogen-bond donors (Lipinski definition) is 1. The maximum absolute atomic E-state index is 10.2. The van der Waals surface area contributed by atoms with E-state index >= 15 is 0 Å². The second-order valence-corrected chi connectivity index (χ2v) is 7.57. The molecule has 2 heterocycles. The average Bonchev–Trinajstić information content (AvgIpc) is 3.25. The standard InChI is InChI=1S/C21H27N5O/c1-3-18(27)15-26-19(10-9-16-13-22-25(2)14-16)23-20(24-26)21(11-12-21)17-7-5-4-6-8-17/h4-8,13-14,18,27H,3,9-12,15H2,1-2H3/t18-/m0/s1. The Morgan fingerprint density at radius 1 is 1.19 bits per heavy atom. The Hall–Kier alpha value is -2.47. The second kappa shape index (κ2) is 7.27. The minimum Gasteiger partial charge on any atom is -0.391 e. The molecule has 4 rings (SSSR count). The third-order valence-electron chi connectivity index (χ3n) is 5.50. The second-order valence-electron chi connectivity index (χ2n) is 7.57. The number of nitrogens with zero attached hydrogens (tertiary/aromatic N) is 5. The van der Waals surface area contributed by atoms with E-state index in [-0.39, 0.29) is 5.41 Å². The maximum Gasteiger partial charge on any atom is 0.161 e. The highest BCUT2D eigenvalue weighted by Gasteiger charge is 2.49. The molecular weight excluding hydrogens is 338 g/mol. The SMILES string of the molecule is CC[C@H](O)Cn1nc(C2(c3ccccc3)CC2)nc1CCc1cnn(C)c1. The van der Waals surface area contributed by atoms with Crippen LogP contribution in [0, 0.1) is 0 Å². The number of aliphatic hydroxyl groups excluding tert-OH is 1. The van der Waals surface area contributed by atoms with E-state index in [1.54, 1.807) is 0 Å². The molecule has 6 heteroatoms. The van der Waals surface area contributed by atoms with Crippen molar-refractivity contribution in [2.45, 2.75) is 57.1 Å². The molecule has 1 fully saturated rings. The van der Waals surface area contributed by atoms with E-state index in [4.69, 9.17) is 10.1 Å². The first-order chi connectivity index (χ1) is 13.1. The zero-order valence-corrected chi connectivity index (χ0v) is 16.0. The molecule has 1 N–H and O–H groups in total. The molecule has 1 aliphatic carbocycles. The third-order valence-corrected chi connectivity index (χ3v) is 5.50. The van der Waals surface area contributed by atoms with E-state index in [9.17, 15) is 5.11 Å². The third kappa shape index (κ3) is 3.67. The fourth-order valence-corrected chi connectivity index (χ4v) is 3.62. The summed E-state index contributed by atoms with van der Waals surface area (Å²) in [6.07, 6.45) is 8.07. The number of aliphatic hydroxyl groups is 1. The normalized spacial score (nSPS) is 16.4. The quantitative estimate of drug-likeness (QED) is 0.666. The lowest BCUT2D eigenvalue weighted by Gasteiger charge is -2.11. The number of aryl methyl sites for hydroxylation is 3. The van der Waals surface area contributed by atoms with Gasteiger partial charge in [0.05, 0.1) is 24.3 Å². The summed E-state index contributed by atoms with van der Waals surface area (Å²) in [5.74, 6) is 1.85. The number of aromatic nitrogens is 5. The Kier molecular flexibility index (Phi) is 4.83. The van der Waals surface area contributed by atoms with E-state index in [2.05, 4.69) is 29.4 Å². The van der Waals surface area contributed by atoms with Gasteiger partial charge in [0, 0.05) is 19.7 Å². The molecule has 0 bridgehead atoms. The van der Waals surface area contributed by atoms with Gasteiger partial charge >= 0.3 is 0 Å². The van der Waals surface area contributed by atoms with Gasteiger partial charge in [0.25, 0.3) is 0 Å². The molecule has 1 atom stereocenters. The van der Waals surface area contributed by atoms with Crippen molar-refractivity contribution in [3.05, 3.63) is 65.5 Å². The van der Waals surface area contributed by atoms with Crippen molar-refractivity contribution in [2.24, 2.45) is 7.05 Å². The molecule has 0 amide bonds. The molecule has 27 heavy (non-hydrogen) atoms. The first kappa shape index (κ1) is 17.9. The molecule has 0 aliphatic heterocycles. The molecule has 1 aromatic carbocycles. The fraction of sp³-hybridized carbons (Fsp3) is 0.476. The molecule has 3 aromatic rings. The summed E-state index contributed by atoms with van der Waals surface area (Å²) in [6, 6.07) is 10.5. The minimum atomic E-state index is -0.399. The van der Waals surface area contributed by atoms with Gasteiger partial charge < -0.3 is 5.11 Å². The Bertz CT molecular complexity index is 894. The van der Waals surface area contributed by atoms with E-state index < -0.39 is 6.10 Å². The topological polar surface area (TPSA) is 68.8 Å². The zero-order chi connectivity index (χ0) is 18.9. The smallest absolute Gasteiger partial charge is 0.161 e. The van der Waals surface area contributed by atoms with Gasteiger partial charge in [-0.2, -0.15) is 10.2 Å². The summed E-state index contributed by atoms with van der Waals surface area (Å²) in [4.78, 5) is 4.94. The van der Waals surface area contributed by atoms with Crippen LogP contribution in [0.2, 0.25) is 0 Å². The predicted octanol–water partition coefficient (Wildman–Crippen LogP) is 2.65. The number of benzene rings is 1. The van der Waals surface area contributed by atoms with Crippen LogP contribution in [0.3, 0.4) is 0 Å². The summed E-state index contributed by atoms with van der Waals surface area (Å²) in [6.45, 7) is 2.49. The highest BCUT2D eigenvalue weighted by atomic mass is 16.3. The first-order valence-electron chi connectivity index (χ1n) is 9.76. The van der Waals surface area contributed by atoms with Gasteiger partial charge in [-0.1, -0.05) is 37.3 Å². The van der Waals surface area contributed by atoms with Gasteiger partial charge in [-0.15, -0.1) is 0 Å². The molecule has 1 aliphatic rings. The lowest BCUT2D eigenvalue weighted by molar-refractivity contribution is 0.143. The van der Waals surface area contributed by atoms with Crippen LogP contribution >= 0.6 is 0 Å². The van der Waals surface area contributed by atoms with Crippen LogP contribution in [0.4, 0.5) is 0 Å². The van der Waals surface area contributed by atoms with Crippen molar-refractivity contribution in [1.29, 1.82) is 0 Å². The molecule has 0 saturated heterocycles. The molecule has 2 aromatic heterocycles. The van der Waals surface area contributed by atoms with Gasteiger partial charge in [0.15, 0.2) is 5.82 Å². The van der Waals surface area contributed by atoms with Crippen LogP contribution in [0.5, 0.6) is 0 Å². The summed E-state index contributed by atoms with van der Waals surface area (Å²) >= 11 is 0. The Labute approximate surface area is 159 Å². The van der Waals surface area contributed by atoms with Crippen molar-refractivity contribution < 1.29 is 5.11 Å².